The van der Waals surface area contributed by atoms with Gasteiger partial charge in [0.05, 0.1) is 17.5 Å². The van der Waals surface area contributed by atoms with Gasteiger partial charge in [0, 0.05) is 34.4 Å². The van der Waals surface area contributed by atoms with Crippen LogP contribution in [0.25, 0.3) is 61.7 Å². The number of hydrogen-bond donors (Lipinski definition) is 2. The molecule has 2 heterocycles. The molecule has 270 valence electrons. The molecule has 55 heavy (non-hydrogen) atoms. The van der Waals surface area contributed by atoms with Crippen LogP contribution in [0.3, 0.4) is 0 Å². The molecular weight excluding hydrogens is 698 g/mol. The standard InChI is InChI=1S/C48H40N3O3P/c1-3-8-37(9-4-2)38-20-24-43(25-21-38)46-32-47(50-48(49-46)45-10-6-5-7-11-45)44-26-22-40(23-27-44)39-16-18-41(19-17-39)42-28-30-51(31-29-42)33-35-12-14-36(15-13-35)34-55(52,53)54/h3-32H,1,33-34H2,2H3,(H-,52,53,54)/p+1/b9-4-,37-8+. The summed E-state index contributed by atoms with van der Waals surface area (Å²) in [5.41, 5.74) is 13.1. The van der Waals surface area contributed by atoms with Gasteiger partial charge in [0.2, 0.25) is 0 Å². The van der Waals surface area contributed by atoms with Crippen molar-refractivity contribution in [3.63, 3.8) is 0 Å². The summed E-state index contributed by atoms with van der Waals surface area (Å²) in [7, 11) is -4.08. The number of allylic oxidation sites excluding steroid dienone is 5. The van der Waals surface area contributed by atoms with Crippen LogP contribution in [0.1, 0.15) is 23.6 Å². The molecule has 2 N–H and O–H groups in total. The van der Waals surface area contributed by atoms with E-state index in [4.69, 9.17) is 9.97 Å². The van der Waals surface area contributed by atoms with Gasteiger partial charge < -0.3 is 9.79 Å². The van der Waals surface area contributed by atoms with Crippen LogP contribution in [-0.4, -0.2) is 19.8 Å². The van der Waals surface area contributed by atoms with E-state index in [0.29, 0.717) is 17.9 Å². The van der Waals surface area contributed by atoms with E-state index in [1.54, 1.807) is 18.2 Å². The molecule has 0 atom stereocenters. The fourth-order valence-corrected chi connectivity index (χ4v) is 7.18. The highest BCUT2D eigenvalue weighted by molar-refractivity contribution is 7.50. The van der Waals surface area contributed by atoms with Crippen molar-refractivity contribution < 1.29 is 18.9 Å². The summed E-state index contributed by atoms with van der Waals surface area (Å²) in [6.45, 7) is 6.54. The second-order valence-corrected chi connectivity index (χ2v) is 15.0. The Labute approximate surface area is 322 Å². The minimum absolute atomic E-state index is 0.247. The van der Waals surface area contributed by atoms with E-state index in [2.05, 4.69) is 108 Å². The van der Waals surface area contributed by atoms with Gasteiger partial charge in [0.15, 0.2) is 24.8 Å². The second-order valence-electron chi connectivity index (χ2n) is 13.3. The lowest BCUT2D eigenvalue weighted by Gasteiger charge is -2.11. The van der Waals surface area contributed by atoms with Crippen LogP contribution >= 0.6 is 7.60 Å². The Morgan fingerprint density at radius 3 is 1.64 bits per heavy atom. The minimum Gasteiger partial charge on any atom is -0.324 e. The zero-order chi connectivity index (χ0) is 38.2. The van der Waals surface area contributed by atoms with Crippen molar-refractivity contribution in [2.45, 2.75) is 19.6 Å². The van der Waals surface area contributed by atoms with Gasteiger partial charge in [0.1, 0.15) is 0 Å². The third-order valence-electron chi connectivity index (χ3n) is 9.32. The van der Waals surface area contributed by atoms with Crippen LogP contribution in [0.5, 0.6) is 0 Å². The van der Waals surface area contributed by atoms with Crippen molar-refractivity contribution in [1.82, 2.24) is 9.97 Å². The molecule has 0 spiro atoms. The van der Waals surface area contributed by atoms with E-state index < -0.39 is 7.60 Å². The normalized spacial score (nSPS) is 11.9. The maximum Gasteiger partial charge on any atom is 0.329 e. The first-order chi connectivity index (χ1) is 26.7. The van der Waals surface area contributed by atoms with E-state index in [-0.39, 0.29) is 6.16 Å². The molecule has 0 saturated carbocycles. The maximum atomic E-state index is 11.3. The Morgan fingerprint density at radius 2 is 1.13 bits per heavy atom. The molecule has 6 nitrogen and oxygen atoms in total. The van der Waals surface area contributed by atoms with Crippen molar-refractivity contribution in [2.75, 3.05) is 0 Å². The molecule has 7 aromatic rings. The number of aromatic nitrogens is 3. The molecule has 0 fully saturated rings. The first-order valence-electron chi connectivity index (χ1n) is 18.1. The second kappa shape index (κ2) is 16.8. The number of hydrogen-bond acceptors (Lipinski definition) is 3. The molecule has 0 radical (unpaired) electrons. The highest BCUT2D eigenvalue weighted by Gasteiger charge is 2.15. The fraction of sp³-hybridized carbons (Fsp3) is 0.0625. The van der Waals surface area contributed by atoms with E-state index in [1.807, 2.05) is 73.9 Å². The predicted octanol–water partition coefficient (Wildman–Crippen LogP) is 11.0. The SMILES string of the molecule is C=C/C=C(\C=C/C)c1ccc(-c2cc(-c3ccc(-c4ccc(-c5cc[n+](Cc6ccc(CP(=O)(O)O)cc6)cc5)cc4)cc3)nc(-c3ccccc3)n2)cc1. The van der Waals surface area contributed by atoms with Crippen molar-refractivity contribution >= 4 is 13.2 Å². The fourth-order valence-electron chi connectivity index (χ4n) is 6.49. The highest BCUT2D eigenvalue weighted by atomic mass is 31.2. The van der Waals surface area contributed by atoms with Crippen molar-refractivity contribution in [2.24, 2.45) is 0 Å². The zero-order valence-corrected chi connectivity index (χ0v) is 31.4. The molecule has 2 aromatic heterocycles. The van der Waals surface area contributed by atoms with Crippen LogP contribution in [-0.2, 0) is 17.3 Å². The summed E-state index contributed by atoms with van der Waals surface area (Å²) in [6, 6.07) is 49.3. The van der Waals surface area contributed by atoms with Crippen molar-refractivity contribution in [3.05, 3.63) is 206 Å². The Bertz CT molecular complexity index is 2500. The van der Waals surface area contributed by atoms with E-state index in [1.165, 1.54) is 0 Å². The van der Waals surface area contributed by atoms with Crippen LogP contribution in [0.4, 0.5) is 0 Å². The topological polar surface area (TPSA) is 87.2 Å². The summed E-state index contributed by atoms with van der Waals surface area (Å²) in [5, 5.41) is 0. The Balaban J connectivity index is 1.08. The first kappa shape index (κ1) is 37.0. The molecule has 5 aromatic carbocycles. The zero-order valence-electron chi connectivity index (χ0n) is 30.5. The van der Waals surface area contributed by atoms with E-state index >= 15 is 0 Å². The summed E-state index contributed by atoms with van der Waals surface area (Å²) in [6.07, 6.45) is 11.8. The van der Waals surface area contributed by atoms with E-state index in [0.717, 1.165) is 67.0 Å². The molecule has 7 heteroatoms. The van der Waals surface area contributed by atoms with Crippen LogP contribution in [0.15, 0.2) is 189 Å². The Hall–Kier alpha value is -6.30. The van der Waals surface area contributed by atoms with Crippen LogP contribution in [0.2, 0.25) is 0 Å². The third-order valence-corrected chi connectivity index (χ3v) is 10.1. The van der Waals surface area contributed by atoms with Gasteiger partial charge in [-0.2, -0.15) is 0 Å². The average Bonchev–Trinajstić information content (AvgIpc) is 3.22. The maximum absolute atomic E-state index is 11.3. The number of benzene rings is 5. The summed E-state index contributed by atoms with van der Waals surface area (Å²) in [5.74, 6) is 0.680. The number of rotatable bonds is 12. The molecule has 0 aliphatic heterocycles. The molecule has 0 amide bonds. The lowest BCUT2D eigenvalue weighted by atomic mass is 9.98. The van der Waals surface area contributed by atoms with Crippen LogP contribution < -0.4 is 4.57 Å². The van der Waals surface area contributed by atoms with Gasteiger partial charge in [-0.25, -0.2) is 14.5 Å². The quantitative estimate of drug-likeness (QED) is 0.0740. The Kier molecular flexibility index (Phi) is 11.3. The first-order valence-corrected chi connectivity index (χ1v) is 19.9. The lowest BCUT2D eigenvalue weighted by Crippen LogP contribution is -2.32. The van der Waals surface area contributed by atoms with Gasteiger partial charge in [-0.05, 0) is 51.9 Å². The van der Waals surface area contributed by atoms with Crippen LogP contribution in [0, 0.1) is 0 Å². The molecule has 0 aliphatic carbocycles. The molecule has 0 unspecified atom stereocenters. The van der Waals surface area contributed by atoms with Gasteiger partial charge >= 0.3 is 7.60 Å². The summed E-state index contributed by atoms with van der Waals surface area (Å²) >= 11 is 0. The largest absolute Gasteiger partial charge is 0.329 e. The van der Waals surface area contributed by atoms with Gasteiger partial charge in [-0.1, -0.05) is 158 Å². The molecule has 0 aliphatic rings. The highest BCUT2D eigenvalue weighted by Crippen LogP contribution is 2.39. The number of pyridine rings is 1. The van der Waals surface area contributed by atoms with E-state index in [9.17, 15) is 14.4 Å². The third kappa shape index (κ3) is 9.45. The predicted molar refractivity (Wildman–Crippen MR) is 224 cm³/mol. The van der Waals surface area contributed by atoms with Gasteiger partial charge in [0.25, 0.3) is 0 Å². The summed E-state index contributed by atoms with van der Waals surface area (Å²) in [4.78, 5) is 28.5. The van der Waals surface area contributed by atoms with Crippen molar-refractivity contribution in [1.29, 1.82) is 0 Å². The average molecular weight is 739 g/mol. The minimum atomic E-state index is -4.08. The summed E-state index contributed by atoms with van der Waals surface area (Å²) < 4.78 is 13.4. The van der Waals surface area contributed by atoms with Gasteiger partial charge in [-0.3, -0.25) is 4.57 Å². The molecular formula is C48H41N3O3P+. The lowest BCUT2D eigenvalue weighted by molar-refractivity contribution is -0.688. The molecule has 0 bridgehead atoms. The molecule has 7 rings (SSSR count). The monoisotopic (exact) mass is 738 g/mol. The number of nitrogens with zero attached hydrogens (tertiary/aromatic N) is 3. The Morgan fingerprint density at radius 1 is 0.636 bits per heavy atom. The van der Waals surface area contributed by atoms with Crippen molar-refractivity contribution in [3.8, 4) is 56.2 Å². The smallest absolute Gasteiger partial charge is 0.324 e. The van der Waals surface area contributed by atoms with Gasteiger partial charge in [-0.15, -0.1) is 0 Å². The molecule has 0 saturated heterocycles.